The number of rotatable bonds is 9. The van der Waals surface area contributed by atoms with Crippen molar-refractivity contribution in [3.05, 3.63) is 26.7 Å². The molecule has 0 aliphatic carbocycles. The lowest BCUT2D eigenvalue weighted by atomic mass is 9.79. The first-order valence-corrected chi connectivity index (χ1v) is 12.6. The number of imidazole rings is 1. The Bertz CT molecular complexity index is 1120. The third-order valence-electron chi connectivity index (χ3n) is 6.38. The zero-order chi connectivity index (χ0) is 25.3. The molecule has 9 heteroatoms. The number of piperidine rings is 1. The predicted molar refractivity (Wildman–Crippen MR) is 135 cm³/mol. The standard InChI is InChI=1S/C25H42N6O3/c1-8-9-12-30-21-20(22(33)28-23(30)34)31(15-16(2)3)18(27-21)10-11-19(32)26-17-13-24(4,5)29-25(6,7)14-17/h16-17,29H,8-15H2,1-7H3,(H,26,32)(H,28,33,34). The minimum Gasteiger partial charge on any atom is -0.353 e. The molecule has 1 aliphatic heterocycles. The number of aromatic nitrogens is 4. The Hall–Kier alpha value is -2.42. The molecule has 3 heterocycles. The summed E-state index contributed by atoms with van der Waals surface area (Å²) in [5.41, 5.74) is -0.111. The van der Waals surface area contributed by atoms with E-state index in [1.54, 1.807) is 4.57 Å². The van der Waals surface area contributed by atoms with Gasteiger partial charge in [-0.15, -0.1) is 0 Å². The number of aromatic amines is 1. The van der Waals surface area contributed by atoms with E-state index in [4.69, 9.17) is 4.98 Å². The van der Waals surface area contributed by atoms with Crippen molar-refractivity contribution in [1.82, 2.24) is 29.7 Å². The van der Waals surface area contributed by atoms with Gasteiger partial charge in [-0.1, -0.05) is 27.2 Å². The second-order valence-electron chi connectivity index (χ2n) is 11.5. The fourth-order valence-electron chi connectivity index (χ4n) is 5.44. The Balaban J connectivity index is 1.84. The van der Waals surface area contributed by atoms with Gasteiger partial charge in [0.2, 0.25) is 5.91 Å². The van der Waals surface area contributed by atoms with Crippen molar-refractivity contribution in [2.45, 2.75) is 117 Å². The molecule has 1 amide bonds. The highest BCUT2D eigenvalue weighted by Crippen LogP contribution is 2.28. The normalized spacial score (nSPS) is 18.0. The molecule has 0 radical (unpaired) electrons. The van der Waals surface area contributed by atoms with Crippen LogP contribution in [0.25, 0.3) is 11.2 Å². The van der Waals surface area contributed by atoms with Gasteiger partial charge in [0, 0.05) is 43.1 Å². The van der Waals surface area contributed by atoms with Crippen molar-refractivity contribution < 1.29 is 4.79 Å². The summed E-state index contributed by atoms with van der Waals surface area (Å²) in [6.45, 7) is 16.0. The van der Waals surface area contributed by atoms with Crippen molar-refractivity contribution in [3.63, 3.8) is 0 Å². The van der Waals surface area contributed by atoms with Crippen LogP contribution in [-0.4, -0.2) is 42.1 Å². The van der Waals surface area contributed by atoms with E-state index in [1.165, 1.54) is 0 Å². The number of amides is 1. The van der Waals surface area contributed by atoms with Gasteiger partial charge < -0.3 is 15.2 Å². The summed E-state index contributed by atoms with van der Waals surface area (Å²) in [5, 5.41) is 6.85. The summed E-state index contributed by atoms with van der Waals surface area (Å²) in [4.78, 5) is 45.3. The van der Waals surface area contributed by atoms with Crippen molar-refractivity contribution in [3.8, 4) is 0 Å². The van der Waals surface area contributed by atoms with E-state index in [0.717, 1.165) is 25.7 Å². The van der Waals surface area contributed by atoms with Gasteiger partial charge in [0.1, 0.15) is 5.82 Å². The van der Waals surface area contributed by atoms with E-state index < -0.39 is 11.2 Å². The van der Waals surface area contributed by atoms with Crippen molar-refractivity contribution in [2.24, 2.45) is 5.92 Å². The lowest BCUT2D eigenvalue weighted by Gasteiger charge is -2.46. The van der Waals surface area contributed by atoms with Gasteiger partial charge in [0.25, 0.3) is 5.56 Å². The molecule has 0 spiro atoms. The van der Waals surface area contributed by atoms with E-state index in [9.17, 15) is 14.4 Å². The highest BCUT2D eigenvalue weighted by Gasteiger charge is 2.38. The molecule has 9 nitrogen and oxygen atoms in total. The Morgan fingerprint density at radius 1 is 1.15 bits per heavy atom. The summed E-state index contributed by atoms with van der Waals surface area (Å²) < 4.78 is 3.45. The maximum Gasteiger partial charge on any atom is 0.330 e. The quantitative estimate of drug-likeness (QED) is 0.517. The number of hydrogen-bond donors (Lipinski definition) is 3. The maximum atomic E-state index is 12.9. The van der Waals surface area contributed by atoms with Crippen LogP contribution in [0.1, 0.15) is 86.4 Å². The fraction of sp³-hybridized carbons (Fsp3) is 0.760. The third kappa shape index (κ3) is 6.17. The number of unbranched alkanes of at least 4 members (excludes halogenated alkanes) is 1. The molecule has 0 aromatic carbocycles. The smallest absolute Gasteiger partial charge is 0.330 e. The van der Waals surface area contributed by atoms with Gasteiger partial charge in [-0.05, 0) is 52.9 Å². The Kier molecular flexibility index (Phi) is 7.75. The van der Waals surface area contributed by atoms with E-state index in [0.29, 0.717) is 36.5 Å². The number of H-pyrrole nitrogens is 1. The monoisotopic (exact) mass is 474 g/mol. The number of nitrogens with zero attached hydrogens (tertiary/aromatic N) is 3. The number of hydrogen-bond acceptors (Lipinski definition) is 5. The summed E-state index contributed by atoms with van der Waals surface area (Å²) >= 11 is 0. The van der Waals surface area contributed by atoms with E-state index in [2.05, 4.69) is 64.1 Å². The Morgan fingerprint density at radius 2 is 1.79 bits per heavy atom. The predicted octanol–water partition coefficient (Wildman–Crippen LogP) is 2.70. The third-order valence-corrected chi connectivity index (χ3v) is 6.38. The van der Waals surface area contributed by atoms with Crippen molar-refractivity contribution in [1.29, 1.82) is 0 Å². The largest absolute Gasteiger partial charge is 0.353 e. The van der Waals surface area contributed by atoms with Crippen LogP contribution in [0.2, 0.25) is 0 Å². The average Bonchev–Trinajstić information content (AvgIpc) is 3.01. The molecular formula is C25H42N6O3. The van der Waals surface area contributed by atoms with Gasteiger partial charge in [-0.2, -0.15) is 0 Å². The summed E-state index contributed by atoms with van der Waals surface area (Å²) in [6, 6.07) is 0.107. The number of fused-ring (bicyclic) bond motifs is 1. The molecule has 0 atom stereocenters. The fourth-order valence-corrected chi connectivity index (χ4v) is 5.44. The van der Waals surface area contributed by atoms with Crippen LogP contribution in [0.15, 0.2) is 9.59 Å². The summed E-state index contributed by atoms with van der Waals surface area (Å²) in [7, 11) is 0. The molecule has 2 aromatic heterocycles. The van der Waals surface area contributed by atoms with E-state index in [1.807, 2.05) is 4.57 Å². The minimum atomic E-state index is -0.430. The van der Waals surface area contributed by atoms with E-state index >= 15 is 0 Å². The van der Waals surface area contributed by atoms with Gasteiger partial charge in [0.15, 0.2) is 11.2 Å². The molecule has 1 saturated heterocycles. The topological polar surface area (TPSA) is 114 Å². The highest BCUT2D eigenvalue weighted by molar-refractivity contribution is 5.77. The van der Waals surface area contributed by atoms with Gasteiger partial charge >= 0.3 is 5.69 Å². The number of nitrogens with one attached hydrogen (secondary N) is 3. The molecule has 34 heavy (non-hydrogen) atoms. The molecule has 3 rings (SSSR count). The molecule has 190 valence electrons. The van der Waals surface area contributed by atoms with Crippen LogP contribution in [0.5, 0.6) is 0 Å². The molecular weight excluding hydrogens is 432 g/mol. The van der Waals surface area contributed by atoms with Crippen LogP contribution < -0.4 is 21.9 Å². The minimum absolute atomic E-state index is 0.0149. The van der Waals surface area contributed by atoms with Crippen molar-refractivity contribution in [2.75, 3.05) is 0 Å². The number of carbonyl (C=O) groups excluding carboxylic acids is 1. The van der Waals surface area contributed by atoms with Crippen LogP contribution in [0, 0.1) is 5.92 Å². The van der Waals surface area contributed by atoms with Crippen LogP contribution in [0.4, 0.5) is 0 Å². The molecule has 0 saturated carbocycles. The zero-order valence-corrected chi connectivity index (χ0v) is 21.9. The molecule has 0 bridgehead atoms. The number of aryl methyl sites for hydroxylation is 2. The molecule has 2 aromatic rings. The second kappa shape index (κ2) is 10.1. The van der Waals surface area contributed by atoms with Crippen LogP contribution >= 0.6 is 0 Å². The SMILES string of the molecule is CCCCn1c(=O)[nH]c(=O)c2c1nc(CCC(=O)NC1CC(C)(C)NC(C)(C)C1)n2CC(C)C. The Labute approximate surface area is 201 Å². The molecule has 0 unspecified atom stereocenters. The van der Waals surface area contributed by atoms with Crippen molar-refractivity contribution >= 4 is 17.1 Å². The maximum absolute atomic E-state index is 12.9. The summed E-state index contributed by atoms with van der Waals surface area (Å²) in [5.74, 6) is 0.935. The first-order chi connectivity index (χ1) is 15.8. The van der Waals surface area contributed by atoms with Gasteiger partial charge in [0.05, 0.1) is 0 Å². The number of carbonyl (C=O) groups is 1. The van der Waals surface area contributed by atoms with Crippen LogP contribution in [-0.2, 0) is 24.3 Å². The molecule has 1 fully saturated rings. The first kappa shape index (κ1) is 26.2. The first-order valence-electron chi connectivity index (χ1n) is 12.6. The summed E-state index contributed by atoms with van der Waals surface area (Å²) in [6.07, 6.45) is 4.17. The van der Waals surface area contributed by atoms with Gasteiger partial charge in [-0.3, -0.25) is 19.1 Å². The lowest BCUT2D eigenvalue weighted by Crippen LogP contribution is -2.62. The zero-order valence-electron chi connectivity index (χ0n) is 21.9. The lowest BCUT2D eigenvalue weighted by molar-refractivity contribution is -0.122. The molecule has 1 aliphatic rings. The highest BCUT2D eigenvalue weighted by atomic mass is 16.2. The second-order valence-corrected chi connectivity index (χ2v) is 11.5. The average molecular weight is 475 g/mol. The Morgan fingerprint density at radius 3 is 2.38 bits per heavy atom. The molecule has 3 N–H and O–H groups in total. The van der Waals surface area contributed by atoms with Gasteiger partial charge in [-0.25, -0.2) is 9.78 Å². The van der Waals surface area contributed by atoms with E-state index in [-0.39, 0.29) is 35.4 Å². The van der Waals surface area contributed by atoms with Crippen LogP contribution in [0.3, 0.4) is 0 Å².